The summed E-state index contributed by atoms with van der Waals surface area (Å²) in [5.74, 6) is 0.819. The summed E-state index contributed by atoms with van der Waals surface area (Å²) < 4.78 is 39.4. The van der Waals surface area contributed by atoms with Gasteiger partial charge in [-0.15, -0.1) is 11.6 Å². The van der Waals surface area contributed by atoms with E-state index in [0.717, 1.165) is 0 Å². The molecule has 0 saturated carbocycles. The van der Waals surface area contributed by atoms with Gasteiger partial charge in [0.25, 0.3) is 0 Å². The molecule has 2 aromatic rings. The summed E-state index contributed by atoms with van der Waals surface area (Å²) in [4.78, 5) is 4.34. The van der Waals surface area contributed by atoms with E-state index in [1.54, 1.807) is 22.8 Å². The van der Waals surface area contributed by atoms with E-state index in [4.69, 9.17) is 23.2 Å². The molecule has 20 heavy (non-hydrogen) atoms. The number of nitrogens with zero attached hydrogens (tertiary/aromatic N) is 2. The first-order chi connectivity index (χ1) is 9.33. The van der Waals surface area contributed by atoms with Crippen LogP contribution in [-0.4, -0.2) is 21.6 Å². The van der Waals surface area contributed by atoms with E-state index in [1.165, 1.54) is 6.92 Å². The molecule has 0 bridgehead atoms. The molecule has 0 N–H and O–H groups in total. The van der Waals surface area contributed by atoms with Crippen molar-refractivity contribution in [3.63, 3.8) is 0 Å². The van der Waals surface area contributed by atoms with Crippen molar-refractivity contribution >= 4 is 34.2 Å². The minimum absolute atomic E-state index is 0.291. The molecule has 1 heterocycles. The number of halogens is 5. The van der Waals surface area contributed by atoms with Gasteiger partial charge >= 0.3 is 6.18 Å². The van der Waals surface area contributed by atoms with E-state index in [2.05, 4.69) is 4.98 Å². The molecule has 0 aliphatic carbocycles. The van der Waals surface area contributed by atoms with Crippen molar-refractivity contribution in [3.05, 3.63) is 29.0 Å². The first-order valence-corrected chi connectivity index (χ1v) is 7.03. The van der Waals surface area contributed by atoms with Gasteiger partial charge in [0.15, 0.2) is 0 Å². The van der Waals surface area contributed by atoms with Crippen molar-refractivity contribution in [1.29, 1.82) is 0 Å². The molecular formula is C13H13Cl2F3N2. The Hall–Kier alpha value is -0.940. The smallest absolute Gasteiger partial charge is 0.324 e. The fourth-order valence-corrected chi connectivity index (χ4v) is 2.75. The van der Waals surface area contributed by atoms with Crippen LogP contribution in [0.5, 0.6) is 0 Å². The fraction of sp³-hybridized carbons (Fsp3) is 0.462. The zero-order valence-electron chi connectivity index (χ0n) is 10.7. The Morgan fingerprint density at radius 3 is 2.65 bits per heavy atom. The summed E-state index contributed by atoms with van der Waals surface area (Å²) in [6, 6.07) is 4.32. The second kappa shape index (κ2) is 5.82. The van der Waals surface area contributed by atoms with E-state index in [1.807, 2.05) is 0 Å². The summed E-state index contributed by atoms with van der Waals surface area (Å²) >= 11 is 11.8. The third kappa shape index (κ3) is 3.20. The second-order valence-electron chi connectivity index (χ2n) is 4.61. The standard InChI is InChI=1S/C13H13Cl2F3N2/c1-8(7-13(16,17)18)20-11(5-6-14)19-10-4-2-3-9(15)12(10)20/h2-4,8H,5-7H2,1H3. The number of benzene rings is 1. The lowest BCUT2D eigenvalue weighted by Gasteiger charge is -2.19. The number of aromatic nitrogens is 2. The first-order valence-electron chi connectivity index (χ1n) is 6.11. The van der Waals surface area contributed by atoms with Crippen molar-refractivity contribution in [3.8, 4) is 0 Å². The van der Waals surface area contributed by atoms with Crippen molar-refractivity contribution < 1.29 is 13.2 Å². The summed E-state index contributed by atoms with van der Waals surface area (Å²) in [5, 5.41) is 0.393. The van der Waals surface area contributed by atoms with Gasteiger partial charge in [-0.05, 0) is 19.1 Å². The Morgan fingerprint density at radius 1 is 1.35 bits per heavy atom. The molecule has 110 valence electrons. The van der Waals surface area contributed by atoms with Gasteiger partial charge in [-0.3, -0.25) is 0 Å². The van der Waals surface area contributed by atoms with E-state index in [9.17, 15) is 13.2 Å². The summed E-state index contributed by atoms with van der Waals surface area (Å²) in [6.07, 6.45) is -4.77. The molecule has 0 spiro atoms. The maximum absolute atomic E-state index is 12.6. The molecule has 0 amide bonds. The van der Waals surface area contributed by atoms with Crippen LogP contribution in [0.25, 0.3) is 11.0 Å². The van der Waals surface area contributed by atoms with E-state index < -0.39 is 18.6 Å². The Kier molecular flexibility index (Phi) is 4.49. The predicted molar refractivity (Wildman–Crippen MR) is 74.6 cm³/mol. The van der Waals surface area contributed by atoms with Gasteiger partial charge in [0.05, 0.1) is 22.5 Å². The van der Waals surface area contributed by atoms with Crippen LogP contribution in [0.2, 0.25) is 5.02 Å². The molecule has 1 unspecified atom stereocenters. The van der Waals surface area contributed by atoms with Crippen molar-refractivity contribution in [1.82, 2.24) is 9.55 Å². The van der Waals surface area contributed by atoms with Crippen molar-refractivity contribution in [2.24, 2.45) is 0 Å². The van der Waals surface area contributed by atoms with Gasteiger partial charge in [-0.25, -0.2) is 4.98 Å². The normalized spacial score (nSPS) is 13.9. The maximum Gasteiger partial charge on any atom is 0.391 e. The van der Waals surface area contributed by atoms with E-state index in [0.29, 0.717) is 34.2 Å². The average molecular weight is 325 g/mol. The largest absolute Gasteiger partial charge is 0.391 e. The molecular weight excluding hydrogens is 312 g/mol. The van der Waals surface area contributed by atoms with Gasteiger partial charge in [0.2, 0.25) is 0 Å². The Labute approximate surface area is 124 Å². The Bertz CT molecular complexity index is 607. The quantitative estimate of drug-likeness (QED) is 0.725. The highest BCUT2D eigenvalue weighted by molar-refractivity contribution is 6.35. The van der Waals surface area contributed by atoms with Crippen LogP contribution in [0.3, 0.4) is 0 Å². The molecule has 2 rings (SSSR count). The highest BCUT2D eigenvalue weighted by atomic mass is 35.5. The van der Waals surface area contributed by atoms with Gasteiger partial charge in [0.1, 0.15) is 5.82 Å². The lowest BCUT2D eigenvalue weighted by Crippen LogP contribution is -2.18. The van der Waals surface area contributed by atoms with Crippen LogP contribution in [0.4, 0.5) is 13.2 Å². The zero-order chi connectivity index (χ0) is 14.9. The molecule has 0 aliphatic heterocycles. The molecule has 0 fully saturated rings. The molecule has 7 heteroatoms. The lowest BCUT2D eigenvalue weighted by atomic mass is 10.2. The number of imidazole rings is 1. The van der Waals surface area contributed by atoms with Crippen LogP contribution >= 0.6 is 23.2 Å². The highest BCUT2D eigenvalue weighted by Gasteiger charge is 2.32. The second-order valence-corrected chi connectivity index (χ2v) is 5.40. The topological polar surface area (TPSA) is 17.8 Å². The molecule has 1 aromatic carbocycles. The summed E-state index contributed by atoms with van der Waals surface area (Å²) in [6.45, 7) is 1.51. The SMILES string of the molecule is CC(CC(F)(F)F)n1c(CCCl)nc2cccc(Cl)c21. The third-order valence-corrected chi connectivity index (χ3v) is 3.51. The predicted octanol–water partition coefficient (Wildman–Crippen LogP) is 4.98. The van der Waals surface area contributed by atoms with Crippen LogP contribution < -0.4 is 0 Å². The van der Waals surface area contributed by atoms with Crippen LogP contribution in [0.1, 0.15) is 25.2 Å². The van der Waals surface area contributed by atoms with E-state index >= 15 is 0 Å². The van der Waals surface area contributed by atoms with Gasteiger partial charge < -0.3 is 4.57 Å². The van der Waals surface area contributed by atoms with E-state index in [-0.39, 0.29) is 0 Å². The number of aryl methyl sites for hydroxylation is 1. The average Bonchev–Trinajstić information content (AvgIpc) is 2.67. The number of fused-ring (bicyclic) bond motifs is 1. The number of hydrogen-bond donors (Lipinski definition) is 0. The number of alkyl halides is 4. The number of rotatable bonds is 4. The van der Waals surface area contributed by atoms with Crippen LogP contribution in [0, 0.1) is 0 Å². The molecule has 1 aromatic heterocycles. The molecule has 1 atom stereocenters. The summed E-state index contributed by atoms with van der Waals surface area (Å²) in [5.41, 5.74) is 1.12. The van der Waals surface area contributed by atoms with Crippen molar-refractivity contribution in [2.45, 2.75) is 32.0 Å². The number of para-hydroxylation sites is 1. The van der Waals surface area contributed by atoms with Crippen LogP contribution in [-0.2, 0) is 6.42 Å². The van der Waals surface area contributed by atoms with Gasteiger partial charge in [0, 0.05) is 18.3 Å². The highest BCUT2D eigenvalue weighted by Crippen LogP contribution is 2.33. The minimum atomic E-state index is -4.24. The Balaban J connectivity index is 2.56. The molecule has 0 radical (unpaired) electrons. The molecule has 0 saturated heterocycles. The molecule has 2 nitrogen and oxygen atoms in total. The first kappa shape index (κ1) is 15.4. The Morgan fingerprint density at radius 2 is 2.05 bits per heavy atom. The van der Waals surface area contributed by atoms with Gasteiger partial charge in [-0.1, -0.05) is 17.7 Å². The summed E-state index contributed by atoms with van der Waals surface area (Å²) in [7, 11) is 0. The third-order valence-electron chi connectivity index (χ3n) is 3.02. The monoisotopic (exact) mass is 324 g/mol. The van der Waals surface area contributed by atoms with Gasteiger partial charge in [-0.2, -0.15) is 13.2 Å². The molecule has 0 aliphatic rings. The lowest BCUT2D eigenvalue weighted by molar-refractivity contribution is -0.141. The fourth-order valence-electron chi connectivity index (χ4n) is 2.32. The minimum Gasteiger partial charge on any atom is -0.324 e. The number of hydrogen-bond acceptors (Lipinski definition) is 1. The maximum atomic E-state index is 12.6. The van der Waals surface area contributed by atoms with Crippen LogP contribution in [0.15, 0.2) is 18.2 Å². The zero-order valence-corrected chi connectivity index (χ0v) is 12.2. The van der Waals surface area contributed by atoms with Crippen molar-refractivity contribution in [2.75, 3.05) is 5.88 Å².